The molecule has 0 fully saturated rings. The zero-order chi connectivity index (χ0) is 8.85. The molecule has 2 N–H and O–H groups in total. The smallest absolute Gasteiger partial charge is 0.00387 e. The van der Waals surface area contributed by atoms with Crippen LogP contribution in [-0.4, -0.2) is 6.04 Å². The largest absolute Gasteiger partial charge is 0.328 e. The molecule has 0 saturated heterocycles. The first-order valence-corrected chi connectivity index (χ1v) is 4.81. The maximum absolute atomic E-state index is 5.85. The van der Waals surface area contributed by atoms with E-state index < -0.39 is 0 Å². The predicted molar refractivity (Wildman–Crippen MR) is 51.5 cm³/mol. The molecule has 0 spiro atoms. The fourth-order valence-corrected chi connectivity index (χ4v) is 1.58. The maximum atomic E-state index is 5.85. The molecule has 2 atom stereocenters. The highest BCUT2D eigenvalue weighted by atomic mass is 14.6. The second-order valence-corrected chi connectivity index (χ2v) is 4.14. The van der Waals surface area contributed by atoms with E-state index in [9.17, 15) is 0 Å². The molecule has 11 heavy (non-hydrogen) atoms. The van der Waals surface area contributed by atoms with Gasteiger partial charge in [-0.1, -0.05) is 27.7 Å². The van der Waals surface area contributed by atoms with Crippen molar-refractivity contribution >= 4 is 0 Å². The highest BCUT2D eigenvalue weighted by Gasteiger charge is 2.08. The third-order valence-electron chi connectivity index (χ3n) is 2.10. The van der Waals surface area contributed by atoms with Gasteiger partial charge in [0.05, 0.1) is 0 Å². The van der Waals surface area contributed by atoms with Crippen molar-refractivity contribution in [3.63, 3.8) is 0 Å². The minimum Gasteiger partial charge on any atom is -0.328 e. The molecule has 0 aliphatic heterocycles. The summed E-state index contributed by atoms with van der Waals surface area (Å²) in [5, 5.41) is 0. The first-order chi connectivity index (χ1) is 5.06. The van der Waals surface area contributed by atoms with Crippen molar-refractivity contribution in [2.24, 2.45) is 17.6 Å². The van der Waals surface area contributed by atoms with Crippen LogP contribution in [0.1, 0.15) is 47.0 Å². The first-order valence-electron chi connectivity index (χ1n) is 4.81. The summed E-state index contributed by atoms with van der Waals surface area (Å²) in [6, 6.07) is 0.420. The summed E-state index contributed by atoms with van der Waals surface area (Å²) in [6.45, 7) is 9.00. The van der Waals surface area contributed by atoms with Gasteiger partial charge in [-0.3, -0.25) is 0 Å². The molecule has 1 nitrogen and oxygen atoms in total. The Labute approximate surface area is 71.4 Å². The minimum absolute atomic E-state index is 0.420. The molecule has 0 rings (SSSR count). The fourth-order valence-electron chi connectivity index (χ4n) is 1.58. The summed E-state index contributed by atoms with van der Waals surface area (Å²) in [5.41, 5.74) is 5.85. The summed E-state index contributed by atoms with van der Waals surface area (Å²) in [4.78, 5) is 0. The van der Waals surface area contributed by atoms with Crippen LogP contribution in [0.4, 0.5) is 0 Å². The van der Waals surface area contributed by atoms with Crippen molar-refractivity contribution in [1.82, 2.24) is 0 Å². The average molecular weight is 157 g/mol. The van der Waals surface area contributed by atoms with Gasteiger partial charge in [0.1, 0.15) is 0 Å². The van der Waals surface area contributed by atoms with Crippen LogP contribution in [-0.2, 0) is 0 Å². The van der Waals surface area contributed by atoms with Gasteiger partial charge in [-0.15, -0.1) is 0 Å². The van der Waals surface area contributed by atoms with Gasteiger partial charge in [0.15, 0.2) is 0 Å². The summed E-state index contributed by atoms with van der Waals surface area (Å²) >= 11 is 0. The van der Waals surface area contributed by atoms with Gasteiger partial charge in [0.25, 0.3) is 0 Å². The van der Waals surface area contributed by atoms with Gasteiger partial charge in [-0.25, -0.2) is 0 Å². The van der Waals surface area contributed by atoms with Gasteiger partial charge >= 0.3 is 0 Å². The molecule has 0 saturated carbocycles. The molecule has 0 aromatic carbocycles. The predicted octanol–water partition coefficient (Wildman–Crippen LogP) is 2.80. The van der Waals surface area contributed by atoms with Crippen molar-refractivity contribution in [3.05, 3.63) is 0 Å². The molecular formula is C10H23N. The Hall–Kier alpha value is -0.0400. The van der Waals surface area contributed by atoms with E-state index in [2.05, 4.69) is 27.7 Å². The van der Waals surface area contributed by atoms with E-state index in [1.165, 1.54) is 12.8 Å². The quantitative estimate of drug-likeness (QED) is 0.652. The lowest BCUT2D eigenvalue weighted by Crippen LogP contribution is -2.22. The molecule has 68 valence electrons. The van der Waals surface area contributed by atoms with E-state index in [-0.39, 0.29) is 0 Å². The molecule has 1 unspecified atom stereocenters. The van der Waals surface area contributed by atoms with Crippen molar-refractivity contribution in [1.29, 1.82) is 0 Å². The molecule has 0 aromatic rings. The molecule has 0 radical (unpaired) electrons. The van der Waals surface area contributed by atoms with E-state index >= 15 is 0 Å². The summed E-state index contributed by atoms with van der Waals surface area (Å²) in [5.74, 6) is 1.61. The number of rotatable bonds is 5. The molecule has 0 aliphatic rings. The third-order valence-corrected chi connectivity index (χ3v) is 2.10. The standard InChI is InChI=1S/C10H23N/c1-5-10(11)7-9(4)6-8(2)3/h8-10H,5-7,11H2,1-4H3/t9?,10-/m1/s1. The maximum Gasteiger partial charge on any atom is 0.00387 e. The van der Waals surface area contributed by atoms with Crippen molar-refractivity contribution < 1.29 is 0 Å². The van der Waals surface area contributed by atoms with Crippen molar-refractivity contribution in [3.8, 4) is 0 Å². The lowest BCUT2D eigenvalue weighted by Gasteiger charge is -2.17. The second kappa shape index (κ2) is 5.59. The summed E-state index contributed by atoms with van der Waals surface area (Å²) in [7, 11) is 0. The molecule has 0 heterocycles. The average Bonchev–Trinajstić information content (AvgIpc) is 1.85. The normalized spacial score (nSPS) is 16.9. The topological polar surface area (TPSA) is 26.0 Å². The van der Waals surface area contributed by atoms with Crippen LogP contribution < -0.4 is 5.73 Å². The number of hydrogen-bond donors (Lipinski definition) is 1. The van der Waals surface area contributed by atoms with E-state index in [0.29, 0.717) is 6.04 Å². The molecule has 1 heteroatoms. The Morgan fingerprint density at radius 2 is 1.64 bits per heavy atom. The van der Waals surface area contributed by atoms with Crippen LogP contribution in [0.3, 0.4) is 0 Å². The zero-order valence-corrected chi connectivity index (χ0v) is 8.43. The first kappa shape index (κ1) is 11.0. The van der Waals surface area contributed by atoms with E-state index in [4.69, 9.17) is 5.73 Å². The van der Waals surface area contributed by atoms with Gasteiger partial charge < -0.3 is 5.73 Å². The van der Waals surface area contributed by atoms with Crippen molar-refractivity contribution in [2.75, 3.05) is 0 Å². The van der Waals surface area contributed by atoms with Crippen LogP contribution in [0.15, 0.2) is 0 Å². The molecule has 0 aliphatic carbocycles. The van der Waals surface area contributed by atoms with E-state index in [0.717, 1.165) is 18.3 Å². The van der Waals surface area contributed by atoms with Crippen LogP contribution in [0.5, 0.6) is 0 Å². The molecule has 0 bridgehead atoms. The fraction of sp³-hybridized carbons (Fsp3) is 1.00. The summed E-state index contributed by atoms with van der Waals surface area (Å²) < 4.78 is 0. The van der Waals surface area contributed by atoms with Crippen LogP contribution >= 0.6 is 0 Å². The van der Waals surface area contributed by atoms with Gasteiger partial charge in [-0.05, 0) is 31.1 Å². The highest BCUT2D eigenvalue weighted by Crippen LogP contribution is 2.16. The zero-order valence-electron chi connectivity index (χ0n) is 8.43. The van der Waals surface area contributed by atoms with Crippen LogP contribution in [0.2, 0.25) is 0 Å². The van der Waals surface area contributed by atoms with Crippen molar-refractivity contribution in [2.45, 2.75) is 53.0 Å². The number of nitrogens with two attached hydrogens (primary N) is 1. The lowest BCUT2D eigenvalue weighted by molar-refractivity contribution is 0.380. The molecule has 0 amide bonds. The lowest BCUT2D eigenvalue weighted by atomic mass is 9.92. The highest BCUT2D eigenvalue weighted by molar-refractivity contribution is 4.64. The number of hydrogen-bond acceptors (Lipinski definition) is 1. The van der Waals surface area contributed by atoms with Crippen LogP contribution in [0, 0.1) is 11.8 Å². The van der Waals surface area contributed by atoms with Gasteiger partial charge in [-0.2, -0.15) is 0 Å². The SMILES string of the molecule is CC[C@@H](N)CC(C)CC(C)C. The van der Waals surface area contributed by atoms with E-state index in [1.54, 1.807) is 0 Å². The molecule has 0 aromatic heterocycles. The Morgan fingerprint density at radius 3 is 2.00 bits per heavy atom. The summed E-state index contributed by atoms with van der Waals surface area (Å²) in [6.07, 6.45) is 3.62. The Bertz CT molecular complexity index is 88.9. The second-order valence-electron chi connectivity index (χ2n) is 4.14. The van der Waals surface area contributed by atoms with Gasteiger partial charge in [0.2, 0.25) is 0 Å². The molecular weight excluding hydrogens is 134 g/mol. The Kier molecular flexibility index (Phi) is 5.57. The minimum atomic E-state index is 0.420. The third kappa shape index (κ3) is 6.36. The monoisotopic (exact) mass is 157 g/mol. The van der Waals surface area contributed by atoms with Gasteiger partial charge in [0, 0.05) is 6.04 Å². The Balaban J connectivity index is 3.43. The Morgan fingerprint density at radius 1 is 1.09 bits per heavy atom. The van der Waals surface area contributed by atoms with Crippen LogP contribution in [0.25, 0.3) is 0 Å². The van der Waals surface area contributed by atoms with E-state index in [1.807, 2.05) is 0 Å².